The Kier molecular flexibility index (Phi) is 4.34. The van der Waals surface area contributed by atoms with Crippen molar-refractivity contribution in [1.82, 2.24) is 15.3 Å². The van der Waals surface area contributed by atoms with E-state index >= 15 is 0 Å². The SMILES string of the molecule is CCC(O)CNC(=O)c1cc(-c2csc(C)n2)c[nH]1. The number of nitrogens with one attached hydrogen (secondary N) is 2. The number of aliphatic hydroxyl groups is 1. The summed E-state index contributed by atoms with van der Waals surface area (Å²) in [5, 5.41) is 15.0. The van der Waals surface area contributed by atoms with Gasteiger partial charge in [0.2, 0.25) is 0 Å². The van der Waals surface area contributed by atoms with E-state index < -0.39 is 6.10 Å². The largest absolute Gasteiger partial charge is 0.391 e. The summed E-state index contributed by atoms with van der Waals surface area (Å²) in [6, 6.07) is 1.77. The fourth-order valence-electron chi connectivity index (χ4n) is 1.62. The first kappa shape index (κ1) is 13.8. The second-order valence-electron chi connectivity index (χ2n) is 4.33. The van der Waals surface area contributed by atoms with Gasteiger partial charge < -0.3 is 15.4 Å². The van der Waals surface area contributed by atoms with E-state index in [1.807, 2.05) is 19.2 Å². The van der Waals surface area contributed by atoms with Gasteiger partial charge in [0.1, 0.15) is 5.69 Å². The van der Waals surface area contributed by atoms with Crippen LogP contribution in [0.5, 0.6) is 0 Å². The minimum absolute atomic E-state index is 0.217. The third kappa shape index (κ3) is 3.42. The molecular weight excluding hydrogens is 262 g/mol. The molecule has 2 heterocycles. The summed E-state index contributed by atoms with van der Waals surface area (Å²) >= 11 is 1.58. The van der Waals surface area contributed by atoms with Gasteiger partial charge >= 0.3 is 0 Å². The van der Waals surface area contributed by atoms with Crippen LogP contribution in [0.15, 0.2) is 17.6 Å². The molecule has 0 aromatic carbocycles. The maximum Gasteiger partial charge on any atom is 0.267 e. The molecule has 0 aliphatic carbocycles. The molecular formula is C13H17N3O2S. The highest BCUT2D eigenvalue weighted by molar-refractivity contribution is 7.09. The lowest BCUT2D eigenvalue weighted by Gasteiger charge is -2.08. The van der Waals surface area contributed by atoms with E-state index in [0.717, 1.165) is 16.3 Å². The van der Waals surface area contributed by atoms with Crippen molar-refractivity contribution >= 4 is 17.2 Å². The molecule has 3 N–H and O–H groups in total. The van der Waals surface area contributed by atoms with E-state index in [1.54, 1.807) is 23.6 Å². The summed E-state index contributed by atoms with van der Waals surface area (Å²) in [6.45, 7) is 4.08. The van der Waals surface area contributed by atoms with E-state index in [1.165, 1.54) is 0 Å². The predicted octanol–water partition coefficient (Wildman–Crippen LogP) is 1.95. The van der Waals surface area contributed by atoms with Crippen molar-refractivity contribution in [3.05, 3.63) is 28.3 Å². The van der Waals surface area contributed by atoms with E-state index in [0.29, 0.717) is 12.1 Å². The van der Waals surface area contributed by atoms with Gasteiger partial charge in [0.15, 0.2) is 0 Å². The maximum absolute atomic E-state index is 11.8. The van der Waals surface area contributed by atoms with Gasteiger partial charge in [-0.2, -0.15) is 0 Å². The van der Waals surface area contributed by atoms with E-state index in [4.69, 9.17) is 0 Å². The number of hydrogen-bond acceptors (Lipinski definition) is 4. The van der Waals surface area contributed by atoms with Crippen LogP contribution in [0, 0.1) is 6.92 Å². The number of carbonyl (C=O) groups is 1. The molecule has 1 amide bonds. The Morgan fingerprint density at radius 2 is 2.42 bits per heavy atom. The van der Waals surface area contributed by atoms with Crippen LogP contribution in [0.25, 0.3) is 11.3 Å². The Morgan fingerprint density at radius 3 is 3.05 bits per heavy atom. The van der Waals surface area contributed by atoms with Crippen LogP contribution in [0.2, 0.25) is 0 Å². The number of amides is 1. The third-order valence-corrected chi connectivity index (χ3v) is 3.59. The number of rotatable bonds is 5. The summed E-state index contributed by atoms with van der Waals surface area (Å²) in [7, 11) is 0. The summed E-state index contributed by atoms with van der Waals surface area (Å²) < 4.78 is 0. The molecule has 0 saturated carbocycles. The van der Waals surface area contributed by atoms with Gasteiger partial charge in [-0.15, -0.1) is 11.3 Å². The molecule has 0 bridgehead atoms. The summed E-state index contributed by atoms with van der Waals surface area (Å²) in [5.74, 6) is -0.217. The second kappa shape index (κ2) is 5.99. The zero-order valence-corrected chi connectivity index (χ0v) is 11.8. The van der Waals surface area contributed by atoms with Crippen molar-refractivity contribution in [3.8, 4) is 11.3 Å². The average molecular weight is 279 g/mol. The Bertz CT molecular complexity index is 562. The number of aryl methyl sites for hydroxylation is 1. The quantitative estimate of drug-likeness (QED) is 0.782. The Hall–Kier alpha value is -1.66. The molecule has 0 radical (unpaired) electrons. The van der Waals surface area contributed by atoms with Crippen LogP contribution in [0.4, 0.5) is 0 Å². The molecule has 1 atom stereocenters. The maximum atomic E-state index is 11.8. The number of aromatic amines is 1. The van der Waals surface area contributed by atoms with Gasteiger partial charge in [-0.1, -0.05) is 6.92 Å². The first-order valence-electron chi connectivity index (χ1n) is 6.17. The van der Waals surface area contributed by atoms with Crippen LogP contribution in [-0.2, 0) is 0 Å². The summed E-state index contributed by atoms with van der Waals surface area (Å²) in [4.78, 5) is 19.1. The summed E-state index contributed by atoms with van der Waals surface area (Å²) in [5.41, 5.74) is 2.24. The van der Waals surface area contributed by atoms with Crippen molar-refractivity contribution < 1.29 is 9.90 Å². The molecule has 2 aromatic heterocycles. The van der Waals surface area contributed by atoms with Crippen molar-refractivity contribution in [1.29, 1.82) is 0 Å². The molecule has 0 fully saturated rings. The van der Waals surface area contributed by atoms with Crippen molar-refractivity contribution in [2.45, 2.75) is 26.4 Å². The lowest BCUT2D eigenvalue weighted by molar-refractivity contribution is 0.0909. The zero-order chi connectivity index (χ0) is 13.8. The fraction of sp³-hybridized carbons (Fsp3) is 0.385. The molecule has 102 valence electrons. The van der Waals surface area contributed by atoms with E-state index in [-0.39, 0.29) is 12.5 Å². The number of aliphatic hydroxyl groups excluding tert-OH is 1. The van der Waals surface area contributed by atoms with E-state index in [9.17, 15) is 9.90 Å². The molecule has 0 spiro atoms. The minimum Gasteiger partial charge on any atom is -0.391 e. The van der Waals surface area contributed by atoms with Crippen molar-refractivity contribution in [2.24, 2.45) is 0 Å². The number of nitrogens with zero attached hydrogens (tertiary/aromatic N) is 1. The molecule has 1 unspecified atom stereocenters. The second-order valence-corrected chi connectivity index (χ2v) is 5.39. The van der Waals surface area contributed by atoms with Gasteiger partial charge in [-0.05, 0) is 19.4 Å². The van der Waals surface area contributed by atoms with Gasteiger partial charge in [0.05, 0.1) is 16.8 Å². The van der Waals surface area contributed by atoms with Crippen LogP contribution in [0.1, 0.15) is 28.8 Å². The van der Waals surface area contributed by atoms with Gasteiger partial charge in [-0.3, -0.25) is 4.79 Å². The smallest absolute Gasteiger partial charge is 0.267 e. The standard InChI is InChI=1S/C13H17N3O2S/c1-3-10(17)6-15-13(18)11-4-9(5-14-11)12-7-19-8(2)16-12/h4-5,7,10,14,17H,3,6H2,1-2H3,(H,15,18). The molecule has 0 saturated heterocycles. The fourth-order valence-corrected chi connectivity index (χ4v) is 2.24. The molecule has 19 heavy (non-hydrogen) atoms. The lowest BCUT2D eigenvalue weighted by atomic mass is 10.2. The summed E-state index contributed by atoms with van der Waals surface area (Å²) in [6.07, 6.45) is 1.88. The van der Waals surface area contributed by atoms with Crippen molar-refractivity contribution in [3.63, 3.8) is 0 Å². The number of carbonyl (C=O) groups excluding carboxylic acids is 1. The Morgan fingerprint density at radius 1 is 1.63 bits per heavy atom. The van der Waals surface area contributed by atoms with Crippen LogP contribution >= 0.6 is 11.3 Å². The monoisotopic (exact) mass is 279 g/mol. The average Bonchev–Trinajstić information content (AvgIpc) is 3.03. The van der Waals surface area contributed by atoms with Crippen LogP contribution in [-0.4, -0.2) is 33.6 Å². The third-order valence-electron chi connectivity index (χ3n) is 2.81. The van der Waals surface area contributed by atoms with Crippen LogP contribution in [0.3, 0.4) is 0 Å². The number of hydrogen-bond donors (Lipinski definition) is 3. The molecule has 6 heteroatoms. The molecule has 5 nitrogen and oxygen atoms in total. The van der Waals surface area contributed by atoms with Gasteiger partial charge in [0, 0.05) is 23.7 Å². The molecule has 2 rings (SSSR count). The lowest BCUT2D eigenvalue weighted by Crippen LogP contribution is -2.31. The van der Waals surface area contributed by atoms with E-state index in [2.05, 4.69) is 15.3 Å². The van der Waals surface area contributed by atoms with Gasteiger partial charge in [0.25, 0.3) is 5.91 Å². The first-order chi connectivity index (χ1) is 9.10. The number of aromatic nitrogens is 2. The van der Waals surface area contributed by atoms with Crippen molar-refractivity contribution in [2.75, 3.05) is 6.54 Å². The molecule has 2 aromatic rings. The van der Waals surface area contributed by atoms with Crippen LogP contribution < -0.4 is 5.32 Å². The normalized spacial score (nSPS) is 12.4. The molecule has 0 aliphatic heterocycles. The highest BCUT2D eigenvalue weighted by Crippen LogP contribution is 2.22. The number of H-pyrrole nitrogens is 1. The highest BCUT2D eigenvalue weighted by atomic mass is 32.1. The topological polar surface area (TPSA) is 78.0 Å². The Labute approximate surface area is 115 Å². The Balaban J connectivity index is 2.02. The molecule has 0 aliphatic rings. The minimum atomic E-state index is -0.500. The van der Waals surface area contributed by atoms with Gasteiger partial charge in [-0.25, -0.2) is 4.98 Å². The zero-order valence-electron chi connectivity index (χ0n) is 10.9. The first-order valence-corrected chi connectivity index (χ1v) is 7.05. The predicted molar refractivity (Wildman–Crippen MR) is 75.3 cm³/mol. The number of thiazole rings is 1. The highest BCUT2D eigenvalue weighted by Gasteiger charge is 2.12.